The Balaban J connectivity index is 2.08. The Morgan fingerprint density at radius 1 is 0.917 bits per heavy atom. The summed E-state index contributed by atoms with van der Waals surface area (Å²) in [5.74, 6) is 0.357. The van der Waals surface area contributed by atoms with Gasteiger partial charge in [0.15, 0.2) is 0 Å². The molecule has 1 N–H and O–H groups in total. The van der Waals surface area contributed by atoms with Gasteiger partial charge in [-0.3, -0.25) is 0 Å². The van der Waals surface area contributed by atoms with Gasteiger partial charge in [-0.25, -0.2) is 0 Å². The van der Waals surface area contributed by atoms with Gasteiger partial charge < -0.3 is 5.11 Å². The van der Waals surface area contributed by atoms with Crippen LogP contribution in [-0.4, -0.2) is 5.11 Å². The van der Waals surface area contributed by atoms with Crippen molar-refractivity contribution in [1.29, 1.82) is 0 Å². The molecule has 1 aliphatic rings. The van der Waals surface area contributed by atoms with Crippen molar-refractivity contribution >= 4 is 11.6 Å². The molecule has 0 unspecified atom stereocenters. The number of benzene rings is 2. The summed E-state index contributed by atoms with van der Waals surface area (Å²) >= 11 is 6.35. The number of phenols is 1. The van der Waals surface area contributed by atoms with Crippen LogP contribution in [0.4, 0.5) is 13.2 Å². The van der Waals surface area contributed by atoms with E-state index in [4.69, 9.17) is 11.6 Å². The van der Waals surface area contributed by atoms with E-state index in [0.29, 0.717) is 16.1 Å². The summed E-state index contributed by atoms with van der Waals surface area (Å²) in [6.07, 6.45) is 0.899. The summed E-state index contributed by atoms with van der Waals surface area (Å²) in [4.78, 5) is 0. The van der Waals surface area contributed by atoms with Crippen molar-refractivity contribution in [3.8, 4) is 16.9 Å². The predicted molar refractivity (Wildman–Crippen MR) is 89.4 cm³/mol. The number of alkyl halides is 3. The number of halogens is 4. The van der Waals surface area contributed by atoms with E-state index in [9.17, 15) is 18.3 Å². The van der Waals surface area contributed by atoms with Gasteiger partial charge in [-0.1, -0.05) is 43.0 Å². The van der Waals surface area contributed by atoms with E-state index in [0.717, 1.165) is 43.4 Å². The van der Waals surface area contributed by atoms with Crippen LogP contribution in [0.5, 0.6) is 5.75 Å². The highest BCUT2D eigenvalue weighted by Gasteiger charge is 2.30. The molecule has 0 bridgehead atoms. The third-order valence-corrected chi connectivity index (χ3v) is 5.00. The van der Waals surface area contributed by atoms with Gasteiger partial charge in [0.1, 0.15) is 5.75 Å². The number of phenolic OH excluding ortho intramolecular Hbond substituents is 1. The first-order chi connectivity index (χ1) is 11.4. The molecule has 0 spiro atoms. The van der Waals surface area contributed by atoms with Gasteiger partial charge in [0.05, 0.1) is 5.56 Å². The average molecular weight is 355 g/mol. The first kappa shape index (κ1) is 17.2. The molecule has 1 saturated carbocycles. The molecule has 2 aromatic carbocycles. The molecule has 2 aromatic rings. The largest absolute Gasteiger partial charge is 0.508 e. The standard InChI is InChI=1S/C19H18ClF3O/c20-15-10-11-16(24)18(12-4-2-1-3-5-12)17(15)13-6-8-14(9-7-13)19(21,22)23/h6-12,24H,1-5H2. The van der Waals surface area contributed by atoms with E-state index in [1.165, 1.54) is 18.6 Å². The summed E-state index contributed by atoms with van der Waals surface area (Å²) < 4.78 is 38.3. The van der Waals surface area contributed by atoms with Gasteiger partial charge >= 0.3 is 6.18 Å². The minimum atomic E-state index is -4.37. The molecule has 0 heterocycles. The molecule has 24 heavy (non-hydrogen) atoms. The van der Waals surface area contributed by atoms with Gasteiger partial charge in [-0.15, -0.1) is 0 Å². The lowest BCUT2D eigenvalue weighted by Gasteiger charge is -2.26. The van der Waals surface area contributed by atoms with E-state index >= 15 is 0 Å². The van der Waals surface area contributed by atoms with Crippen LogP contribution >= 0.6 is 11.6 Å². The molecule has 1 nitrogen and oxygen atoms in total. The molecule has 0 aliphatic heterocycles. The van der Waals surface area contributed by atoms with Crippen molar-refractivity contribution in [2.75, 3.05) is 0 Å². The lowest BCUT2D eigenvalue weighted by Crippen LogP contribution is -2.07. The summed E-state index contributed by atoms with van der Waals surface area (Å²) in [5, 5.41) is 10.8. The maximum Gasteiger partial charge on any atom is 0.416 e. The maximum atomic E-state index is 12.8. The maximum absolute atomic E-state index is 12.8. The topological polar surface area (TPSA) is 20.2 Å². The fourth-order valence-electron chi connectivity index (χ4n) is 3.51. The minimum Gasteiger partial charge on any atom is -0.508 e. The Kier molecular flexibility index (Phi) is 4.77. The molecule has 0 atom stereocenters. The molecule has 1 aliphatic carbocycles. The molecule has 5 heteroatoms. The van der Waals surface area contributed by atoms with Gasteiger partial charge in [0, 0.05) is 16.1 Å². The lowest BCUT2D eigenvalue weighted by atomic mass is 9.80. The van der Waals surface area contributed by atoms with Gasteiger partial charge in [-0.2, -0.15) is 13.2 Å². The van der Waals surface area contributed by atoms with Crippen molar-refractivity contribution in [1.82, 2.24) is 0 Å². The van der Waals surface area contributed by atoms with Crippen LogP contribution < -0.4 is 0 Å². The van der Waals surface area contributed by atoms with Crippen LogP contribution in [0.25, 0.3) is 11.1 Å². The summed E-state index contributed by atoms with van der Waals surface area (Å²) in [7, 11) is 0. The second kappa shape index (κ2) is 6.67. The highest BCUT2D eigenvalue weighted by molar-refractivity contribution is 6.33. The zero-order valence-electron chi connectivity index (χ0n) is 13.0. The fraction of sp³-hybridized carbons (Fsp3) is 0.368. The second-order valence-corrected chi connectivity index (χ2v) is 6.67. The molecule has 0 amide bonds. The molecular formula is C19H18ClF3O. The van der Waals surface area contributed by atoms with Crippen LogP contribution in [0.3, 0.4) is 0 Å². The van der Waals surface area contributed by atoms with E-state index < -0.39 is 11.7 Å². The third-order valence-electron chi connectivity index (χ3n) is 4.69. The van der Waals surface area contributed by atoms with Gasteiger partial charge in [0.2, 0.25) is 0 Å². The van der Waals surface area contributed by atoms with Crippen LogP contribution in [-0.2, 0) is 6.18 Å². The molecule has 0 saturated heterocycles. The zero-order chi connectivity index (χ0) is 17.3. The van der Waals surface area contributed by atoms with Crippen molar-refractivity contribution in [3.63, 3.8) is 0 Å². The van der Waals surface area contributed by atoms with Crippen LogP contribution in [0, 0.1) is 0 Å². The highest BCUT2D eigenvalue weighted by atomic mass is 35.5. The summed E-state index contributed by atoms with van der Waals surface area (Å²) in [5.41, 5.74) is 1.32. The second-order valence-electron chi connectivity index (χ2n) is 6.27. The van der Waals surface area contributed by atoms with Crippen molar-refractivity contribution in [2.24, 2.45) is 0 Å². The SMILES string of the molecule is Oc1ccc(Cl)c(-c2ccc(C(F)(F)F)cc2)c1C1CCCCC1. The van der Waals surface area contributed by atoms with Crippen LogP contribution in [0.1, 0.15) is 49.1 Å². The van der Waals surface area contributed by atoms with E-state index in [1.54, 1.807) is 12.1 Å². The van der Waals surface area contributed by atoms with Gasteiger partial charge in [-0.05, 0) is 48.6 Å². The molecule has 128 valence electrons. The Morgan fingerprint density at radius 2 is 1.54 bits per heavy atom. The first-order valence-corrected chi connectivity index (χ1v) is 8.44. The van der Waals surface area contributed by atoms with E-state index in [1.807, 2.05) is 0 Å². The summed E-state index contributed by atoms with van der Waals surface area (Å²) in [6, 6.07) is 8.13. The Morgan fingerprint density at radius 3 is 2.12 bits per heavy atom. The van der Waals surface area contributed by atoms with Crippen LogP contribution in [0.2, 0.25) is 5.02 Å². The fourth-order valence-corrected chi connectivity index (χ4v) is 3.78. The normalized spacial score (nSPS) is 16.3. The Hall–Kier alpha value is -1.68. The first-order valence-electron chi connectivity index (χ1n) is 8.07. The summed E-state index contributed by atoms with van der Waals surface area (Å²) in [6.45, 7) is 0. The smallest absolute Gasteiger partial charge is 0.416 e. The number of aromatic hydroxyl groups is 1. The van der Waals surface area contributed by atoms with E-state index in [-0.39, 0.29) is 11.7 Å². The average Bonchev–Trinajstić information content (AvgIpc) is 2.57. The van der Waals surface area contributed by atoms with Crippen molar-refractivity contribution in [2.45, 2.75) is 44.2 Å². The third kappa shape index (κ3) is 3.39. The van der Waals surface area contributed by atoms with E-state index in [2.05, 4.69) is 0 Å². The minimum absolute atomic E-state index is 0.168. The predicted octanol–water partition coefficient (Wildman–Crippen LogP) is 6.78. The monoisotopic (exact) mass is 354 g/mol. The number of rotatable bonds is 2. The molecule has 3 rings (SSSR count). The van der Waals surface area contributed by atoms with Crippen molar-refractivity contribution < 1.29 is 18.3 Å². The molecule has 0 radical (unpaired) electrons. The Bertz CT molecular complexity index is 717. The molecular weight excluding hydrogens is 337 g/mol. The number of hydrogen-bond acceptors (Lipinski definition) is 1. The van der Waals surface area contributed by atoms with Crippen molar-refractivity contribution in [3.05, 3.63) is 52.5 Å². The van der Waals surface area contributed by atoms with Crippen LogP contribution in [0.15, 0.2) is 36.4 Å². The highest BCUT2D eigenvalue weighted by Crippen LogP contribution is 2.45. The lowest BCUT2D eigenvalue weighted by molar-refractivity contribution is -0.137. The quantitative estimate of drug-likeness (QED) is 0.630. The van der Waals surface area contributed by atoms with Gasteiger partial charge in [0.25, 0.3) is 0 Å². The molecule has 0 aromatic heterocycles. The number of hydrogen-bond donors (Lipinski definition) is 1. The zero-order valence-corrected chi connectivity index (χ0v) is 13.8. The molecule has 1 fully saturated rings. The Labute approximate surface area is 144 Å².